The quantitative estimate of drug-likeness (QED) is 0.725. The number of nitrogens with zero attached hydrogens (tertiary/aromatic N) is 1. The third-order valence-corrected chi connectivity index (χ3v) is 2.22. The average molecular weight is 221 g/mol. The summed E-state index contributed by atoms with van der Waals surface area (Å²) in [7, 11) is 2.08. The second kappa shape index (κ2) is 4.70. The Morgan fingerprint density at radius 2 is 1.92 bits per heavy atom. The van der Waals surface area contributed by atoms with Gasteiger partial charge in [0.05, 0.1) is 0 Å². The molecule has 2 nitrogen and oxygen atoms in total. The van der Waals surface area contributed by atoms with Gasteiger partial charge in [0.15, 0.2) is 0 Å². The third-order valence-electron chi connectivity index (χ3n) is 2.22. The maximum absolute atomic E-state index is 5.90. The van der Waals surface area contributed by atoms with Gasteiger partial charge in [-0.1, -0.05) is 18.2 Å². The monoisotopic (exact) mass is 220 g/mol. The summed E-state index contributed by atoms with van der Waals surface area (Å²) in [5.41, 5.74) is 8.45. The highest BCUT2D eigenvalue weighted by molar-refractivity contribution is 5.85. The van der Waals surface area contributed by atoms with Gasteiger partial charge in [-0.25, -0.2) is 0 Å². The molecule has 1 aliphatic rings. The van der Waals surface area contributed by atoms with Crippen LogP contribution in [0, 0.1) is 0 Å². The van der Waals surface area contributed by atoms with Gasteiger partial charge in [0, 0.05) is 25.3 Å². The fourth-order valence-electron chi connectivity index (χ4n) is 1.64. The Morgan fingerprint density at radius 1 is 1.31 bits per heavy atom. The van der Waals surface area contributed by atoms with Gasteiger partial charge in [-0.3, -0.25) is 0 Å². The van der Waals surface area contributed by atoms with E-state index in [1.165, 1.54) is 11.3 Å². The normalized spacial score (nSPS) is 18.6. The smallest absolute Gasteiger partial charge is 0.0493 e. The van der Waals surface area contributed by atoms with Crippen LogP contribution in [-0.4, -0.2) is 13.6 Å². The zero-order valence-electron chi connectivity index (χ0n) is 7.43. The Morgan fingerprint density at radius 3 is 2.54 bits per heavy atom. The van der Waals surface area contributed by atoms with E-state index < -0.39 is 0 Å². The largest absolute Gasteiger partial charge is 0.372 e. The van der Waals surface area contributed by atoms with E-state index in [1.807, 2.05) is 12.1 Å². The van der Waals surface area contributed by atoms with E-state index in [9.17, 15) is 0 Å². The molecule has 1 heterocycles. The van der Waals surface area contributed by atoms with E-state index in [2.05, 4.69) is 24.1 Å². The Kier molecular flexibility index (Phi) is 4.54. The van der Waals surface area contributed by atoms with Crippen molar-refractivity contribution in [3.05, 3.63) is 29.8 Å². The van der Waals surface area contributed by atoms with Gasteiger partial charge in [0.25, 0.3) is 0 Å². The molecular formula is C9H14Cl2N2. The minimum Gasteiger partial charge on any atom is -0.372 e. The molecule has 2 N–H and O–H groups in total. The zero-order chi connectivity index (χ0) is 7.84. The van der Waals surface area contributed by atoms with Crippen LogP contribution < -0.4 is 10.6 Å². The summed E-state index contributed by atoms with van der Waals surface area (Å²) in [6, 6.07) is 8.51. The first-order chi connectivity index (χ1) is 5.29. The number of rotatable bonds is 0. The first-order valence-electron chi connectivity index (χ1n) is 3.84. The van der Waals surface area contributed by atoms with Crippen molar-refractivity contribution in [3.8, 4) is 0 Å². The number of fused-ring (bicyclic) bond motifs is 1. The van der Waals surface area contributed by atoms with Crippen molar-refractivity contribution in [1.29, 1.82) is 0 Å². The molecule has 0 fully saturated rings. The molecule has 1 aromatic carbocycles. The Balaban J connectivity index is 0.000000720. The lowest BCUT2D eigenvalue weighted by Crippen LogP contribution is -2.19. The molecule has 0 saturated heterocycles. The number of benzene rings is 1. The predicted molar refractivity (Wildman–Crippen MR) is 61.1 cm³/mol. The van der Waals surface area contributed by atoms with Crippen LogP contribution >= 0.6 is 24.8 Å². The second-order valence-corrected chi connectivity index (χ2v) is 3.05. The Hall–Kier alpha value is -0.440. The predicted octanol–water partition coefficient (Wildman–Crippen LogP) is 1.98. The molecule has 74 valence electrons. The van der Waals surface area contributed by atoms with Gasteiger partial charge < -0.3 is 10.6 Å². The molecule has 1 atom stereocenters. The van der Waals surface area contributed by atoms with Gasteiger partial charge >= 0.3 is 0 Å². The van der Waals surface area contributed by atoms with Gasteiger partial charge in [-0.05, 0) is 11.6 Å². The van der Waals surface area contributed by atoms with Gasteiger partial charge in [0.1, 0.15) is 0 Å². The lowest BCUT2D eigenvalue weighted by Gasteiger charge is -2.10. The molecule has 1 aliphatic heterocycles. The van der Waals surface area contributed by atoms with Crippen molar-refractivity contribution in [3.63, 3.8) is 0 Å². The second-order valence-electron chi connectivity index (χ2n) is 3.05. The highest BCUT2D eigenvalue weighted by Crippen LogP contribution is 2.31. The van der Waals surface area contributed by atoms with Crippen molar-refractivity contribution in [2.45, 2.75) is 6.04 Å². The van der Waals surface area contributed by atoms with Crippen LogP contribution in [0.3, 0.4) is 0 Å². The van der Waals surface area contributed by atoms with Gasteiger partial charge in [0.2, 0.25) is 0 Å². The van der Waals surface area contributed by atoms with Crippen LogP contribution in [0.15, 0.2) is 24.3 Å². The molecular weight excluding hydrogens is 207 g/mol. The molecule has 0 radical (unpaired) electrons. The number of halogens is 2. The number of hydrogen-bond acceptors (Lipinski definition) is 2. The van der Waals surface area contributed by atoms with Gasteiger partial charge in [-0.15, -0.1) is 24.8 Å². The summed E-state index contributed by atoms with van der Waals surface area (Å²) >= 11 is 0. The summed E-state index contributed by atoms with van der Waals surface area (Å²) in [6.07, 6.45) is 0. The minimum atomic E-state index is 0. The van der Waals surface area contributed by atoms with Crippen LogP contribution in [0.1, 0.15) is 11.6 Å². The molecule has 0 amide bonds. The van der Waals surface area contributed by atoms with Crippen LogP contribution in [0.25, 0.3) is 0 Å². The maximum Gasteiger partial charge on any atom is 0.0493 e. The van der Waals surface area contributed by atoms with Crippen molar-refractivity contribution < 1.29 is 0 Å². The average Bonchev–Trinajstić information content (AvgIpc) is 2.30. The van der Waals surface area contributed by atoms with E-state index in [0.29, 0.717) is 0 Å². The van der Waals surface area contributed by atoms with Crippen LogP contribution in [0.5, 0.6) is 0 Å². The van der Waals surface area contributed by atoms with Crippen LogP contribution in [0.2, 0.25) is 0 Å². The number of anilines is 1. The molecule has 4 heteroatoms. The number of nitrogens with two attached hydrogens (primary N) is 1. The maximum atomic E-state index is 5.90. The molecule has 13 heavy (non-hydrogen) atoms. The fraction of sp³-hybridized carbons (Fsp3) is 0.333. The molecule has 2 rings (SSSR count). The van der Waals surface area contributed by atoms with Crippen LogP contribution in [0.4, 0.5) is 5.69 Å². The van der Waals surface area contributed by atoms with Crippen molar-refractivity contribution in [2.75, 3.05) is 18.5 Å². The lowest BCUT2D eigenvalue weighted by atomic mass is 10.1. The van der Waals surface area contributed by atoms with Gasteiger partial charge in [-0.2, -0.15) is 0 Å². The first kappa shape index (κ1) is 12.6. The summed E-state index contributed by atoms with van der Waals surface area (Å²) in [5.74, 6) is 0. The number of hydrogen-bond donors (Lipinski definition) is 1. The topological polar surface area (TPSA) is 29.3 Å². The van der Waals surface area contributed by atoms with E-state index in [1.54, 1.807) is 0 Å². The van der Waals surface area contributed by atoms with E-state index in [-0.39, 0.29) is 30.9 Å². The lowest BCUT2D eigenvalue weighted by molar-refractivity contribution is 0.760. The highest BCUT2D eigenvalue weighted by Gasteiger charge is 2.21. The number of likely N-dealkylation sites (N-methyl/N-ethyl adjacent to an activating group) is 1. The summed E-state index contributed by atoms with van der Waals surface area (Å²) in [4.78, 5) is 2.19. The molecule has 0 saturated carbocycles. The minimum absolute atomic E-state index is 0. The molecule has 0 aromatic heterocycles. The Bertz CT molecular complexity index is 251. The molecule has 0 bridgehead atoms. The van der Waals surface area contributed by atoms with E-state index in [0.717, 1.165) is 6.54 Å². The zero-order valence-corrected chi connectivity index (χ0v) is 9.07. The summed E-state index contributed by atoms with van der Waals surface area (Å²) in [6.45, 7) is 0.944. The third kappa shape index (κ3) is 2.08. The molecule has 0 aliphatic carbocycles. The molecule has 0 spiro atoms. The molecule has 1 unspecified atom stereocenters. The number of para-hydroxylation sites is 1. The van der Waals surface area contributed by atoms with Crippen molar-refractivity contribution >= 4 is 30.5 Å². The SMILES string of the molecule is CN1CC(N)c2ccccc21.Cl.Cl. The van der Waals surface area contributed by atoms with Crippen LogP contribution in [-0.2, 0) is 0 Å². The summed E-state index contributed by atoms with van der Waals surface area (Å²) in [5, 5.41) is 0. The molecule has 1 aromatic rings. The van der Waals surface area contributed by atoms with E-state index in [4.69, 9.17) is 5.73 Å². The highest BCUT2D eigenvalue weighted by atomic mass is 35.5. The summed E-state index contributed by atoms with van der Waals surface area (Å²) < 4.78 is 0. The van der Waals surface area contributed by atoms with Crippen molar-refractivity contribution in [2.24, 2.45) is 5.73 Å². The standard InChI is InChI=1S/C9H12N2.2ClH/c1-11-6-8(10)7-4-2-3-5-9(7)11;;/h2-5,8H,6,10H2,1H3;2*1H. The first-order valence-corrected chi connectivity index (χ1v) is 3.84. The van der Waals surface area contributed by atoms with E-state index >= 15 is 0 Å². The fourth-order valence-corrected chi connectivity index (χ4v) is 1.64. The van der Waals surface area contributed by atoms with Crippen molar-refractivity contribution in [1.82, 2.24) is 0 Å². The Labute approximate surface area is 90.9 Å².